The van der Waals surface area contributed by atoms with Gasteiger partial charge in [0.2, 0.25) is 0 Å². The van der Waals surface area contributed by atoms with Gasteiger partial charge in [-0.2, -0.15) is 0 Å². The van der Waals surface area contributed by atoms with Crippen molar-refractivity contribution in [2.24, 2.45) is 17.8 Å². The van der Waals surface area contributed by atoms with Crippen LogP contribution in [0.15, 0.2) is 0 Å². The molecule has 0 bridgehead atoms. The fraction of sp³-hybridized carbons (Fsp3) is 0.951. The minimum atomic E-state index is -4.96. The van der Waals surface area contributed by atoms with Gasteiger partial charge in [0.1, 0.15) is 19.3 Å². The number of ether oxygens (including phenoxy) is 4. The van der Waals surface area contributed by atoms with Gasteiger partial charge < -0.3 is 33.8 Å². The lowest BCUT2D eigenvalue weighted by atomic mass is 9.99. The zero-order valence-electron chi connectivity index (χ0n) is 65.7. The van der Waals surface area contributed by atoms with E-state index >= 15 is 0 Å². The molecule has 4 unspecified atom stereocenters. The van der Waals surface area contributed by atoms with E-state index in [1.807, 2.05) is 0 Å². The molecule has 0 amide bonds. The van der Waals surface area contributed by atoms with Gasteiger partial charge in [0.05, 0.1) is 26.4 Å². The molecule has 0 heterocycles. The Morgan fingerprint density at radius 2 is 0.510 bits per heavy atom. The maximum Gasteiger partial charge on any atom is 0.472 e. The summed E-state index contributed by atoms with van der Waals surface area (Å²) >= 11 is 0. The molecule has 0 aromatic heterocycles. The third-order valence-corrected chi connectivity index (χ3v) is 21.5. The molecule has 0 rings (SSSR count). The summed E-state index contributed by atoms with van der Waals surface area (Å²) in [5, 5.41) is 10.6. The molecule has 0 fully saturated rings. The average Bonchev–Trinajstić information content (AvgIpc) is 0.922. The molecule has 19 heteroatoms. The molecule has 17 nitrogen and oxygen atoms in total. The highest BCUT2D eigenvalue weighted by Gasteiger charge is 2.30. The van der Waals surface area contributed by atoms with Crippen molar-refractivity contribution >= 4 is 39.5 Å². The van der Waals surface area contributed by atoms with Crippen molar-refractivity contribution in [2.75, 3.05) is 39.6 Å². The number of aliphatic hydroxyl groups is 1. The van der Waals surface area contributed by atoms with Crippen LogP contribution >= 0.6 is 15.6 Å². The second-order valence-electron chi connectivity index (χ2n) is 30.1. The van der Waals surface area contributed by atoms with Gasteiger partial charge in [-0.3, -0.25) is 37.3 Å². The molecule has 0 aliphatic heterocycles. The number of unbranched alkanes of at least 4 members (excludes halogenated alkanes) is 45. The lowest BCUT2D eigenvalue weighted by Crippen LogP contribution is -2.30. The highest BCUT2D eigenvalue weighted by Crippen LogP contribution is 2.45. The molecule has 7 atom stereocenters. The van der Waals surface area contributed by atoms with Gasteiger partial charge >= 0.3 is 39.5 Å². The second-order valence-corrected chi connectivity index (χ2v) is 33.0. The molecule has 0 aliphatic rings. The highest BCUT2D eigenvalue weighted by atomic mass is 31.2. The van der Waals surface area contributed by atoms with Crippen LogP contribution in [0.25, 0.3) is 0 Å². The average molecular weight is 1470 g/mol. The van der Waals surface area contributed by atoms with Crippen LogP contribution in [0, 0.1) is 17.8 Å². The number of phosphoric ester groups is 2. The monoisotopic (exact) mass is 1470 g/mol. The summed E-state index contributed by atoms with van der Waals surface area (Å²) in [5.74, 6) is 0.335. The van der Waals surface area contributed by atoms with E-state index in [0.29, 0.717) is 25.7 Å². The van der Waals surface area contributed by atoms with Crippen molar-refractivity contribution < 1.29 is 80.2 Å². The molecule has 0 radical (unpaired) electrons. The molecule has 0 aromatic carbocycles. The Labute approximate surface area is 613 Å². The van der Waals surface area contributed by atoms with Gasteiger partial charge in [-0.25, -0.2) is 9.13 Å². The maximum absolute atomic E-state index is 13.1. The van der Waals surface area contributed by atoms with E-state index < -0.39 is 97.5 Å². The van der Waals surface area contributed by atoms with Gasteiger partial charge in [0.15, 0.2) is 12.2 Å². The second kappa shape index (κ2) is 71.3. The van der Waals surface area contributed by atoms with Gasteiger partial charge in [-0.1, -0.05) is 370 Å². The van der Waals surface area contributed by atoms with E-state index in [2.05, 4.69) is 48.5 Å². The Morgan fingerprint density at radius 1 is 0.290 bits per heavy atom. The summed E-state index contributed by atoms with van der Waals surface area (Å²) in [4.78, 5) is 72.8. The Bertz CT molecular complexity index is 1940. The molecule has 594 valence electrons. The fourth-order valence-electron chi connectivity index (χ4n) is 12.4. The third-order valence-electron chi connectivity index (χ3n) is 19.6. The Hall–Kier alpha value is -1.94. The first-order chi connectivity index (χ1) is 48.3. The quantitative estimate of drug-likeness (QED) is 0.0222. The number of carbonyl (C=O) groups excluding carboxylic acids is 4. The van der Waals surface area contributed by atoms with E-state index in [1.165, 1.54) is 218 Å². The van der Waals surface area contributed by atoms with Crippen LogP contribution in [-0.4, -0.2) is 96.7 Å². The van der Waals surface area contributed by atoms with Crippen LogP contribution in [-0.2, 0) is 65.4 Å². The minimum absolute atomic E-state index is 0.105. The molecule has 0 saturated heterocycles. The predicted molar refractivity (Wildman–Crippen MR) is 409 cm³/mol. The number of carbonyl (C=O) groups is 4. The lowest BCUT2D eigenvalue weighted by Gasteiger charge is -2.21. The first kappa shape index (κ1) is 98.1. The summed E-state index contributed by atoms with van der Waals surface area (Å²) in [5.41, 5.74) is 0. The number of rotatable bonds is 79. The summed E-state index contributed by atoms with van der Waals surface area (Å²) in [6, 6.07) is 0. The number of aliphatic hydroxyl groups excluding tert-OH is 1. The zero-order valence-corrected chi connectivity index (χ0v) is 67.5. The van der Waals surface area contributed by atoms with Crippen molar-refractivity contribution in [3.05, 3.63) is 0 Å². The smallest absolute Gasteiger partial charge is 0.462 e. The number of phosphoric acid groups is 2. The molecule has 100 heavy (non-hydrogen) atoms. The molecule has 0 spiro atoms. The maximum atomic E-state index is 13.1. The fourth-order valence-corrected chi connectivity index (χ4v) is 14.0. The number of hydrogen-bond acceptors (Lipinski definition) is 15. The van der Waals surface area contributed by atoms with Crippen LogP contribution < -0.4 is 0 Å². The van der Waals surface area contributed by atoms with Gasteiger partial charge in [-0.05, 0) is 43.4 Å². The molecular formula is C81H158O17P2. The van der Waals surface area contributed by atoms with E-state index in [0.717, 1.165) is 120 Å². The standard InChI is InChI=1S/C81H158O17P2/c1-8-11-12-13-38-48-55-62-78(83)91-68-76(98-81(86)65-58-51-44-37-36-41-47-54-61-74(7)10-3)70-95-99(87,88)93-66-75(82)67-94-100(89,90)96-71-77(69-92-79(84)63-56-49-42-34-30-26-22-19-18-20-24-28-32-39-45-52-59-72(4)5)97-80(85)64-57-50-43-35-31-27-23-17-15-14-16-21-25-29-33-40-46-53-60-73(6)9-2/h72-77,82H,8-71H2,1-7H3,(H,87,88)(H,89,90)/t73?,74?,75-,76+,77+/m0/s1. The van der Waals surface area contributed by atoms with Gasteiger partial charge in [0.25, 0.3) is 0 Å². The third kappa shape index (κ3) is 71.7. The molecule has 0 aliphatic carbocycles. The topological polar surface area (TPSA) is 237 Å². The predicted octanol–water partition coefficient (Wildman–Crippen LogP) is 24.1. The largest absolute Gasteiger partial charge is 0.472 e. The van der Waals surface area contributed by atoms with Crippen molar-refractivity contribution in [3.8, 4) is 0 Å². The molecule has 0 aromatic rings. The van der Waals surface area contributed by atoms with Crippen molar-refractivity contribution in [1.82, 2.24) is 0 Å². The van der Waals surface area contributed by atoms with Gasteiger partial charge in [-0.15, -0.1) is 0 Å². The molecule has 3 N–H and O–H groups in total. The van der Waals surface area contributed by atoms with Gasteiger partial charge in [0, 0.05) is 25.7 Å². The van der Waals surface area contributed by atoms with E-state index in [4.69, 9.17) is 37.0 Å². The summed E-state index contributed by atoms with van der Waals surface area (Å²) in [6.45, 7) is 12.0. The van der Waals surface area contributed by atoms with Crippen molar-refractivity contribution in [1.29, 1.82) is 0 Å². The van der Waals surface area contributed by atoms with Crippen LogP contribution in [0.2, 0.25) is 0 Å². The van der Waals surface area contributed by atoms with Crippen molar-refractivity contribution in [3.63, 3.8) is 0 Å². The Balaban J connectivity index is 5.16. The molecule has 0 saturated carbocycles. The Kier molecular flexibility index (Phi) is 69.9. The van der Waals surface area contributed by atoms with Crippen LogP contribution in [0.5, 0.6) is 0 Å². The number of esters is 4. The lowest BCUT2D eigenvalue weighted by molar-refractivity contribution is -0.161. The Morgan fingerprint density at radius 3 is 0.760 bits per heavy atom. The summed E-state index contributed by atoms with van der Waals surface area (Å²) in [6.07, 6.45) is 59.9. The van der Waals surface area contributed by atoms with Crippen LogP contribution in [0.4, 0.5) is 0 Å². The van der Waals surface area contributed by atoms with E-state index in [9.17, 15) is 43.2 Å². The normalized spacial score (nSPS) is 14.5. The highest BCUT2D eigenvalue weighted by molar-refractivity contribution is 7.47. The zero-order chi connectivity index (χ0) is 73.7. The first-order valence-electron chi connectivity index (χ1n) is 41.9. The van der Waals surface area contributed by atoms with Crippen LogP contribution in [0.1, 0.15) is 421 Å². The van der Waals surface area contributed by atoms with E-state index in [-0.39, 0.29) is 25.7 Å². The number of hydrogen-bond donors (Lipinski definition) is 3. The summed E-state index contributed by atoms with van der Waals surface area (Å²) in [7, 11) is -9.91. The minimum Gasteiger partial charge on any atom is -0.462 e. The van der Waals surface area contributed by atoms with E-state index in [1.54, 1.807) is 0 Å². The summed E-state index contributed by atoms with van der Waals surface area (Å²) < 4.78 is 68.6. The van der Waals surface area contributed by atoms with Crippen molar-refractivity contribution in [2.45, 2.75) is 439 Å². The SMILES string of the molecule is CCCCCCCCCC(=O)OC[C@H](COP(=O)(O)OC[C@H](O)COP(=O)(O)OC[C@@H](COC(=O)CCCCCCCCCCCCCCCCCCC(C)C)OC(=O)CCCCCCCCCCCCCCCCCCCCC(C)CC)OC(=O)CCCCCCCCCCC(C)CC. The molecular weight excluding hydrogens is 1310 g/mol. The first-order valence-corrected chi connectivity index (χ1v) is 44.9. The van der Waals surface area contributed by atoms with Crippen LogP contribution in [0.3, 0.4) is 0 Å².